The van der Waals surface area contributed by atoms with Crippen molar-refractivity contribution in [1.82, 2.24) is 4.31 Å². The van der Waals surface area contributed by atoms with E-state index in [1.807, 2.05) is 6.92 Å². The Bertz CT molecular complexity index is 1050. The normalized spacial score (nSPS) is 18.9. The molecule has 156 valence electrons. The summed E-state index contributed by atoms with van der Waals surface area (Å²) in [6, 6.07) is 11.5. The Labute approximate surface area is 174 Å². The summed E-state index contributed by atoms with van der Waals surface area (Å²) in [5.74, 6) is -0.427. The fourth-order valence-corrected chi connectivity index (χ4v) is 6.01. The van der Waals surface area contributed by atoms with Gasteiger partial charge in [0.1, 0.15) is 0 Å². The van der Waals surface area contributed by atoms with Gasteiger partial charge in [0.2, 0.25) is 10.0 Å². The first-order valence-corrected chi connectivity index (χ1v) is 12.6. The van der Waals surface area contributed by atoms with Crippen molar-refractivity contribution in [2.45, 2.75) is 48.9 Å². The van der Waals surface area contributed by atoms with Crippen LogP contribution in [0.5, 0.6) is 0 Å². The van der Waals surface area contributed by atoms with Crippen LogP contribution in [-0.4, -0.2) is 41.7 Å². The smallest absolute Gasteiger partial charge is 0.256 e. The molecule has 1 N–H and O–H groups in total. The second kappa shape index (κ2) is 8.77. The molecule has 8 heteroatoms. The summed E-state index contributed by atoms with van der Waals surface area (Å²) < 4.78 is 39.7. The number of aryl methyl sites for hydroxylation is 1. The first-order valence-electron chi connectivity index (χ1n) is 9.58. The van der Waals surface area contributed by atoms with E-state index < -0.39 is 26.7 Å². The molecule has 0 saturated carbocycles. The fourth-order valence-electron chi connectivity index (χ4n) is 3.58. The van der Waals surface area contributed by atoms with Crippen LogP contribution in [-0.2, 0) is 20.8 Å². The molecule has 1 fully saturated rings. The van der Waals surface area contributed by atoms with Gasteiger partial charge in [-0.05, 0) is 56.5 Å². The van der Waals surface area contributed by atoms with Crippen molar-refractivity contribution in [1.29, 1.82) is 0 Å². The third kappa shape index (κ3) is 4.60. The van der Waals surface area contributed by atoms with Gasteiger partial charge in [-0.3, -0.25) is 9.00 Å². The number of amides is 1. The summed E-state index contributed by atoms with van der Waals surface area (Å²) in [4.78, 5) is 13.5. The van der Waals surface area contributed by atoms with Gasteiger partial charge < -0.3 is 5.32 Å². The number of hydrogen-bond donors (Lipinski definition) is 1. The molecule has 0 spiro atoms. The number of carbonyl (C=O) groups is 1. The molecule has 2 atom stereocenters. The van der Waals surface area contributed by atoms with Gasteiger partial charge in [-0.25, -0.2) is 8.42 Å². The highest BCUT2D eigenvalue weighted by Gasteiger charge is 2.31. The number of benzene rings is 2. The predicted molar refractivity (Wildman–Crippen MR) is 115 cm³/mol. The lowest BCUT2D eigenvalue weighted by atomic mass is 10.1. The Morgan fingerprint density at radius 3 is 2.59 bits per heavy atom. The van der Waals surface area contributed by atoms with Crippen molar-refractivity contribution in [3.63, 3.8) is 0 Å². The lowest BCUT2D eigenvalue weighted by molar-refractivity contribution is 0.102. The van der Waals surface area contributed by atoms with Crippen LogP contribution in [0.3, 0.4) is 0 Å². The maximum Gasteiger partial charge on any atom is 0.256 e. The van der Waals surface area contributed by atoms with Gasteiger partial charge in [0.25, 0.3) is 5.91 Å². The van der Waals surface area contributed by atoms with Crippen LogP contribution < -0.4 is 5.32 Å². The van der Waals surface area contributed by atoms with Gasteiger partial charge in [0, 0.05) is 24.4 Å². The van der Waals surface area contributed by atoms with Crippen LogP contribution in [0.25, 0.3) is 0 Å². The average Bonchev–Trinajstić information content (AvgIpc) is 2.68. The van der Waals surface area contributed by atoms with Crippen LogP contribution in [0.1, 0.15) is 42.1 Å². The maximum absolute atomic E-state index is 13.1. The highest BCUT2D eigenvalue weighted by Crippen LogP contribution is 2.27. The monoisotopic (exact) mass is 434 g/mol. The van der Waals surface area contributed by atoms with E-state index >= 15 is 0 Å². The molecule has 1 aliphatic heterocycles. The minimum absolute atomic E-state index is 0.0567. The number of anilines is 1. The van der Waals surface area contributed by atoms with Gasteiger partial charge in [-0.2, -0.15) is 4.31 Å². The molecule has 29 heavy (non-hydrogen) atoms. The van der Waals surface area contributed by atoms with E-state index in [-0.39, 0.29) is 16.5 Å². The van der Waals surface area contributed by atoms with Crippen molar-refractivity contribution in [2.24, 2.45) is 0 Å². The van der Waals surface area contributed by atoms with Crippen LogP contribution in [0, 0.1) is 6.92 Å². The molecule has 1 saturated heterocycles. The van der Waals surface area contributed by atoms with Crippen molar-refractivity contribution < 1.29 is 17.4 Å². The number of piperidine rings is 1. The molecule has 1 heterocycles. The maximum atomic E-state index is 13.1. The van der Waals surface area contributed by atoms with Crippen LogP contribution in [0.2, 0.25) is 0 Å². The zero-order chi connectivity index (χ0) is 21.2. The number of hydrogen-bond acceptors (Lipinski definition) is 4. The first kappa shape index (κ1) is 21.7. The minimum Gasteiger partial charge on any atom is -0.321 e. The molecule has 2 aromatic carbocycles. The average molecular weight is 435 g/mol. The molecule has 2 aromatic rings. The van der Waals surface area contributed by atoms with E-state index in [9.17, 15) is 17.4 Å². The highest BCUT2D eigenvalue weighted by molar-refractivity contribution is 7.89. The standard InChI is InChI=1S/C21H26N2O4S2/c1-15-11-12-17(29(26,27)23-13-7-6-8-16(23)2)14-18(15)21(24)22-19-9-4-5-10-20(19)28(3)25/h4-5,9-12,14,16H,6-8,13H2,1-3H3,(H,22,24)/t16-,28-/m0/s1. The lowest BCUT2D eigenvalue weighted by Crippen LogP contribution is -2.42. The zero-order valence-corrected chi connectivity index (χ0v) is 18.5. The number of nitrogens with zero attached hydrogens (tertiary/aromatic N) is 1. The van der Waals surface area contributed by atoms with E-state index in [1.165, 1.54) is 10.4 Å². The van der Waals surface area contributed by atoms with E-state index in [0.717, 1.165) is 19.3 Å². The van der Waals surface area contributed by atoms with Crippen molar-refractivity contribution in [3.8, 4) is 0 Å². The summed E-state index contributed by atoms with van der Waals surface area (Å²) in [5, 5.41) is 2.78. The Kier molecular flexibility index (Phi) is 6.55. The fraction of sp³-hybridized carbons (Fsp3) is 0.381. The van der Waals surface area contributed by atoms with E-state index in [2.05, 4.69) is 5.32 Å². The summed E-state index contributed by atoms with van der Waals surface area (Å²) in [5.41, 5.74) is 1.41. The number of para-hydroxylation sites is 1. The molecule has 3 rings (SSSR count). The number of rotatable bonds is 5. The van der Waals surface area contributed by atoms with E-state index in [1.54, 1.807) is 49.6 Å². The number of sulfonamides is 1. The molecule has 0 aliphatic carbocycles. The lowest BCUT2D eigenvalue weighted by Gasteiger charge is -2.32. The van der Waals surface area contributed by atoms with Crippen molar-refractivity contribution in [3.05, 3.63) is 53.6 Å². The van der Waals surface area contributed by atoms with Gasteiger partial charge in [0.15, 0.2) is 0 Å². The van der Waals surface area contributed by atoms with E-state index in [4.69, 9.17) is 0 Å². The summed E-state index contributed by atoms with van der Waals surface area (Å²) in [6.45, 7) is 4.17. The van der Waals surface area contributed by atoms with Crippen LogP contribution in [0.4, 0.5) is 5.69 Å². The Morgan fingerprint density at radius 2 is 1.90 bits per heavy atom. The summed E-state index contributed by atoms with van der Waals surface area (Å²) >= 11 is 0. The first-order chi connectivity index (χ1) is 13.7. The molecular weight excluding hydrogens is 408 g/mol. The largest absolute Gasteiger partial charge is 0.321 e. The predicted octanol–water partition coefficient (Wildman–Crippen LogP) is 3.55. The van der Waals surface area contributed by atoms with Gasteiger partial charge in [-0.1, -0.05) is 24.6 Å². The van der Waals surface area contributed by atoms with Crippen LogP contribution in [0.15, 0.2) is 52.3 Å². The molecule has 1 amide bonds. The topological polar surface area (TPSA) is 83.6 Å². The Hall–Kier alpha value is -2.03. The van der Waals surface area contributed by atoms with Crippen LogP contribution >= 0.6 is 0 Å². The highest BCUT2D eigenvalue weighted by atomic mass is 32.2. The van der Waals surface area contributed by atoms with Gasteiger partial charge in [0.05, 0.1) is 26.3 Å². The third-order valence-electron chi connectivity index (χ3n) is 5.25. The molecular formula is C21H26N2O4S2. The van der Waals surface area contributed by atoms with Gasteiger partial charge in [-0.15, -0.1) is 0 Å². The number of nitrogens with one attached hydrogen (secondary N) is 1. The Morgan fingerprint density at radius 1 is 1.17 bits per heavy atom. The quantitative estimate of drug-likeness (QED) is 0.780. The minimum atomic E-state index is -3.67. The molecule has 0 unspecified atom stereocenters. The summed E-state index contributed by atoms with van der Waals surface area (Å²) in [6.07, 6.45) is 4.24. The molecule has 0 bridgehead atoms. The zero-order valence-electron chi connectivity index (χ0n) is 16.8. The van der Waals surface area contributed by atoms with Crippen molar-refractivity contribution in [2.75, 3.05) is 18.1 Å². The van der Waals surface area contributed by atoms with E-state index in [0.29, 0.717) is 22.7 Å². The molecule has 0 aromatic heterocycles. The number of carbonyl (C=O) groups excluding carboxylic acids is 1. The van der Waals surface area contributed by atoms with Crippen molar-refractivity contribution >= 4 is 32.4 Å². The second-order valence-electron chi connectivity index (χ2n) is 7.34. The second-order valence-corrected chi connectivity index (χ2v) is 10.6. The summed E-state index contributed by atoms with van der Waals surface area (Å²) in [7, 11) is -4.94. The SMILES string of the molecule is Cc1ccc(S(=O)(=O)N2CCCC[C@@H]2C)cc1C(=O)Nc1ccccc1[S@](C)=O. The molecule has 6 nitrogen and oxygen atoms in total. The molecule has 1 aliphatic rings. The van der Waals surface area contributed by atoms with Gasteiger partial charge >= 0.3 is 0 Å². The molecule has 0 radical (unpaired) electrons. The third-order valence-corrected chi connectivity index (χ3v) is 8.23. The Balaban J connectivity index is 1.93.